The van der Waals surface area contributed by atoms with Gasteiger partial charge in [-0.3, -0.25) is 14.3 Å². The summed E-state index contributed by atoms with van der Waals surface area (Å²) in [7, 11) is 0. The highest BCUT2D eigenvalue weighted by Gasteiger charge is 2.63. The molecule has 4 atom stereocenters. The van der Waals surface area contributed by atoms with Crippen molar-refractivity contribution in [1.82, 2.24) is 9.78 Å². The van der Waals surface area contributed by atoms with Crippen LogP contribution >= 0.6 is 0 Å². The lowest BCUT2D eigenvalue weighted by molar-refractivity contribution is -0.124. The molecule has 0 unspecified atom stereocenters. The van der Waals surface area contributed by atoms with E-state index in [9.17, 15) is 9.59 Å². The number of carbonyl (C=O) groups excluding carboxylic acids is 2. The van der Waals surface area contributed by atoms with E-state index in [-0.39, 0.29) is 35.9 Å². The highest BCUT2D eigenvalue weighted by molar-refractivity contribution is 6.23. The van der Waals surface area contributed by atoms with Crippen LogP contribution in [0.1, 0.15) is 29.8 Å². The zero-order chi connectivity index (χ0) is 18.0. The fourth-order valence-corrected chi connectivity index (χ4v) is 4.85. The second-order valence-electron chi connectivity index (χ2n) is 7.52. The fraction of sp³-hybridized carbons (Fsp3) is 0.450. The molecule has 0 N–H and O–H groups in total. The SMILES string of the molecule is Cc1nn(Cc2ccccc2)c(C)c1N1C(=O)[C@@H]2[C@@H](C1=O)[C@H]1CC[C@H]2O1. The van der Waals surface area contributed by atoms with E-state index >= 15 is 0 Å². The van der Waals surface area contributed by atoms with E-state index in [0.717, 1.165) is 24.1 Å². The maximum atomic E-state index is 13.0. The van der Waals surface area contributed by atoms with E-state index in [4.69, 9.17) is 4.74 Å². The molecule has 26 heavy (non-hydrogen) atoms. The maximum Gasteiger partial charge on any atom is 0.240 e. The molecule has 1 aromatic heterocycles. The summed E-state index contributed by atoms with van der Waals surface area (Å²) in [5.41, 5.74) is 3.35. The average Bonchev–Trinajstić information content (AvgIpc) is 3.36. The number of aromatic nitrogens is 2. The Morgan fingerprint density at radius 2 is 1.65 bits per heavy atom. The molecule has 6 heteroatoms. The van der Waals surface area contributed by atoms with Crippen LogP contribution in [0, 0.1) is 25.7 Å². The zero-order valence-electron chi connectivity index (χ0n) is 14.9. The highest BCUT2D eigenvalue weighted by Crippen LogP contribution is 2.50. The van der Waals surface area contributed by atoms with Crippen molar-refractivity contribution in [1.29, 1.82) is 0 Å². The molecule has 2 bridgehead atoms. The molecule has 2 amide bonds. The van der Waals surface area contributed by atoms with Crippen molar-refractivity contribution in [2.75, 3.05) is 4.90 Å². The Morgan fingerprint density at radius 1 is 1.04 bits per heavy atom. The third-order valence-corrected chi connectivity index (χ3v) is 6.03. The quantitative estimate of drug-likeness (QED) is 0.796. The Kier molecular flexibility index (Phi) is 3.34. The minimum absolute atomic E-state index is 0.0913. The lowest BCUT2D eigenvalue weighted by Crippen LogP contribution is -2.35. The molecule has 0 aliphatic carbocycles. The molecule has 1 aromatic carbocycles. The number of carbonyl (C=O) groups is 2. The largest absolute Gasteiger partial charge is 0.373 e. The van der Waals surface area contributed by atoms with Crippen LogP contribution in [0.4, 0.5) is 5.69 Å². The second kappa shape index (κ2) is 5.51. The van der Waals surface area contributed by atoms with Gasteiger partial charge in [-0.2, -0.15) is 5.10 Å². The van der Waals surface area contributed by atoms with Gasteiger partial charge in [-0.05, 0) is 32.3 Å². The first kappa shape index (κ1) is 15.8. The Bertz CT molecular complexity index is 877. The summed E-state index contributed by atoms with van der Waals surface area (Å²) >= 11 is 0. The van der Waals surface area contributed by atoms with Gasteiger partial charge in [-0.25, -0.2) is 4.90 Å². The predicted molar refractivity (Wildman–Crippen MR) is 94.6 cm³/mol. The van der Waals surface area contributed by atoms with Crippen LogP contribution in [0.25, 0.3) is 0 Å². The van der Waals surface area contributed by atoms with Crippen LogP contribution in [0.15, 0.2) is 30.3 Å². The maximum absolute atomic E-state index is 13.0. The van der Waals surface area contributed by atoms with Gasteiger partial charge in [0.05, 0.1) is 47.7 Å². The number of rotatable bonds is 3. The monoisotopic (exact) mass is 351 g/mol. The van der Waals surface area contributed by atoms with E-state index in [0.29, 0.717) is 17.9 Å². The van der Waals surface area contributed by atoms with Gasteiger partial charge in [0.2, 0.25) is 11.8 Å². The summed E-state index contributed by atoms with van der Waals surface area (Å²) in [5, 5.41) is 4.61. The summed E-state index contributed by atoms with van der Waals surface area (Å²) in [6.07, 6.45) is 1.58. The predicted octanol–water partition coefficient (Wildman–Crippen LogP) is 2.22. The first-order chi connectivity index (χ1) is 12.6. The van der Waals surface area contributed by atoms with Crippen LogP contribution in [0.5, 0.6) is 0 Å². The standard InChI is InChI=1S/C20H21N3O3/c1-11-18(12(2)22(21-11)10-13-6-4-3-5-7-13)23-19(24)16-14-8-9-15(26-14)17(16)20(23)25/h3-7,14-17H,8-10H2,1-2H3/t14-,15-,16+,17+/m1/s1. The molecular formula is C20H21N3O3. The normalized spacial score (nSPS) is 29.7. The highest BCUT2D eigenvalue weighted by atomic mass is 16.5. The van der Waals surface area contributed by atoms with Gasteiger partial charge in [0.15, 0.2) is 0 Å². The summed E-state index contributed by atoms with van der Waals surface area (Å²) in [4.78, 5) is 27.5. The van der Waals surface area contributed by atoms with E-state index in [1.54, 1.807) is 0 Å². The Hall–Kier alpha value is -2.47. The van der Waals surface area contributed by atoms with E-state index in [1.807, 2.05) is 48.9 Å². The first-order valence-corrected chi connectivity index (χ1v) is 9.17. The van der Waals surface area contributed by atoms with Gasteiger partial charge in [0.25, 0.3) is 0 Å². The van der Waals surface area contributed by atoms with Crippen molar-refractivity contribution in [2.45, 2.75) is 45.4 Å². The van der Waals surface area contributed by atoms with Gasteiger partial charge in [-0.1, -0.05) is 30.3 Å². The second-order valence-corrected chi connectivity index (χ2v) is 7.52. The molecule has 134 valence electrons. The molecule has 5 rings (SSSR count). The topological polar surface area (TPSA) is 64.4 Å². The molecule has 2 aromatic rings. The average molecular weight is 351 g/mol. The number of imide groups is 1. The van der Waals surface area contributed by atoms with Crippen LogP contribution in [0.3, 0.4) is 0 Å². The molecule has 4 heterocycles. The van der Waals surface area contributed by atoms with Crippen LogP contribution in [-0.4, -0.2) is 33.8 Å². The Morgan fingerprint density at radius 3 is 2.27 bits per heavy atom. The van der Waals surface area contributed by atoms with Gasteiger partial charge < -0.3 is 4.74 Å². The number of ether oxygens (including phenoxy) is 1. The number of benzene rings is 1. The summed E-state index contributed by atoms with van der Waals surface area (Å²) < 4.78 is 7.69. The molecule has 0 saturated carbocycles. The fourth-order valence-electron chi connectivity index (χ4n) is 4.85. The molecule has 0 spiro atoms. The van der Waals surface area contributed by atoms with Gasteiger partial charge in [0, 0.05) is 0 Å². The molecular weight excluding hydrogens is 330 g/mol. The first-order valence-electron chi connectivity index (χ1n) is 9.17. The number of nitrogens with zero attached hydrogens (tertiary/aromatic N) is 3. The number of hydrogen-bond acceptors (Lipinski definition) is 4. The number of hydrogen-bond donors (Lipinski definition) is 0. The summed E-state index contributed by atoms with van der Waals surface area (Å²) in [6, 6.07) is 10.1. The molecule has 3 aliphatic rings. The van der Waals surface area contributed by atoms with Crippen LogP contribution in [0.2, 0.25) is 0 Å². The van der Waals surface area contributed by atoms with Crippen molar-refractivity contribution >= 4 is 17.5 Å². The third-order valence-electron chi connectivity index (χ3n) is 6.03. The van der Waals surface area contributed by atoms with Gasteiger partial charge in [-0.15, -0.1) is 0 Å². The molecule has 6 nitrogen and oxygen atoms in total. The van der Waals surface area contributed by atoms with E-state index < -0.39 is 0 Å². The number of anilines is 1. The summed E-state index contributed by atoms with van der Waals surface area (Å²) in [5.74, 6) is -0.842. The lowest BCUT2D eigenvalue weighted by Gasteiger charge is -2.18. The molecule has 0 radical (unpaired) electrons. The van der Waals surface area contributed by atoms with Crippen molar-refractivity contribution in [3.05, 3.63) is 47.3 Å². The van der Waals surface area contributed by atoms with E-state index in [2.05, 4.69) is 5.10 Å². The van der Waals surface area contributed by atoms with Crippen molar-refractivity contribution in [3.8, 4) is 0 Å². The minimum atomic E-state index is -0.308. The number of aryl methyl sites for hydroxylation is 1. The smallest absolute Gasteiger partial charge is 0.240 e. The van der Waals surface area contributed by atoms with Crippen molar-refractivity contribution < 1.29 is 14.3 Å². The van der Waals surface area contributed by atoms with E-state index in [1.165, 1.54) is 4.90 Å². The van der Waals surface area contributed by atoms with Gasteiger partial charge >= 0.3 is 0 Å². The summed E-state index contributed by atoms with van der Waals surface area (Å²) in [6.45, 7) is 4.41. The Balaban J connectivity index is 1.51. The molecule has 3 fully saturated rings. The van der Waals surface area contributed by atoms with Gasteiger partial charge in [0.1, 0.15) is 0 Å². The molecule has 3 aliphatic heterocycles. The lowest BCUT2D eigenvalue weighted by atomic mass is 9.81. The van der Waals surface area contributed by atoms with Crippen molar-refractivity contribution in [2.24, 2.45) is 11.8 Å². The number of amides is 2. The Labute approximate surface area is 151 Å². The van der Waals surface area contributed by atoms with Crippen molar-refractivity contribution in [3.63, 3.8) is 0 Å². The zero-order valence-corrected chi connectivity index (χ0v) is 14.9. The minimum Gasteiger partial charge on any atom is -0.373 e. The number of fused-ring (bicyclic) bond motifs is 5. The van der Waals surface area contributed by atoms with Crippen LogP contribution < -0.4 is 4.90 Å². The molecule has 3 saturated heterocycles. The third kappa shape index (κ3) is 2.05. The van der Waals surface area contributed by atoms with Crippen LogP contribution in [-0.2, 0) is 20.9 Å².